The van der Waals surface area contributed by atoms with Crippen LogP contribution in [0.1, 0.15) is 35.5 Å². The molecule has 0 unspecified atom stereocenters. The number of aromatic amines is 1. The molecule has 1 aliphatic rings. The first-order valence-electron chi connectivity index (χ1n) is 7.49. The molecule has 1 fully saturated rings. The zero-order valence-electron chi connectivity index (χ0n) is 13.1. The molecule has 2 heterocycles. The number of nitrogens with zero attached hydrogens (tertiary/aromatic N) is 1. The van der Waals surface area contributed by atoms with Crippen LogP contribution in [0.3, 0.4) is 0 Å². The molecule has 4 heteroatoms. The number of carbonyl (C=O) groups is 1. The van der Waals surface area contributed by atoms with Crippen LogP contribution in [-0.4, -0.2) is 41.1 Å². The Hall–Kier alpha value is -1.81. The van der Waals surface area contributed by atoms with Gasteiger partial charge in [-0.1, -0.05) is 0 Å². The van der Waals surface area contributed by atoms with Gasteiger partial charge in [0.1, 0.15) is 0 Å². The number of amides is 1. The molecule has 3 rings (SSSR count). The van der Waals surface area contributed by atoms with E-state index in [2.05, 4.69) is 18.8 Å². The molecule has 21 heavy (non-hydrogen) atoms. The summed E-state index contributed by atoms with van der Waals surface area (Å²) in [5.74, 6) is 0.0946. The summed E-state index contributed by atoms with van der Waals surface area (Å²) < 4.78 is 5.70. The third kappa shape index (κ3) is 2.56. The Labute approximate surface area is 125 Å². The van der Waals surface area contributed by atoms with Crippen LogP contribution in [0.25, 0.3) is 10.9 Å². The van der Waals surface area contributed by atoms with E-state index in [1.54, 1.807) is 0 Å². The fourth-order valence-electron chi connectivity index (χ4n) is 3.12. The Bertz CT molecular complexity index is 679. The molecule has 1 aromatic carbocycles. The van der Waals surface area contributed by atoms with Crippen molar-refractivity contribution < 1.29 is 9.53 Å². The Morgan fingerprint density at radius 2 is 1.90 bits per heavy atom. The molecule has 2 aromatic rings. The highest BCUT2D eigenvalue weighted by Crippen LogP contribution is 2.23. The van der Waals surface area contributed by atoms with E-state index in [1.807, 2.05) is 36.9 Å². The number of rotatable bonds is 1. The van der Waals surface area contributed by atoms with Crippen LogP contribution in [0, 0.1) is 13.8 Å². The van der Waals surface area contributed by atoms with Crippen LogP contribution < -0.4 is 0 Å². The van der Waals surface area contributed by atoms with Crippen molar-refractivity contribution in [3.8, 4) is 0 Å². The highest BCUT2D eigenvalue weighted by molar-refractivity contribution is 5.99. The van der Waals surface area contributed by atoms with Gasteiger partial charge in [-0.3, -0.25) is 4.79 Å². The lowest BCUT2D eigenvalue weighted by molar-refractivity contribution is -0.0586. The molecule has 4 nitrogen and oxygen atoms in total. The molecule has 2 atom stereocenters. The number of benzene rings is 1. The third-order valence-electron chi connectivity index (χ3n) is 4.26. The average molecular weight is 286 g/mol. The number of aromatic nitrogens is 1. The Morgan fingerprint density at radius 3 is 2.57 bits per heavy atom. The Morgan fingerprint density at radius 1 is 1.24 bits per heavy atom. The zero-order chi connectivity index (χ0) is 15.1. The molecule has 1 saturated heterocycles. The summed E-state index contributed by atoms with van der Waals surface area (Å²) in [6.07, 6.45) is 0.190. The number of aryl methyl sites for hydroxylation is 2. The van der Waals surface area contributed by atoms with E-state index in [0.717, 1.165) is 22.2 Å². The van der Waals surface area contributed by atoms with Crippen LogP contribution in [0.2, 0.25) is 0 Å². The molecule has 112 valence electrons. The molecule has 1 N–H and O–H groups in total. The van der Waals surface area contributed by atoms with Gasteiger partial charge in [0.15, 0.2) is 0 Å². The van der Waals surface area contributed by atoms with Gasteiger partial charge in [0.05, 0.1) is 12.2 Å². The van der Waals surface area contributed by atoms with Gasteiger partial charge in [0.2, 0.25) is 0 Å². The van der Waals surface area contributed by atoms with Crippen molar-refractivity contribution in [3.05, 3.63) is 35.0 Å². The van der Waals surface area contributed by atoms with E-state index >= 15 is 0 Å². The first kappa shape index (κ1) is 14.1. The van der Waals surface area contributed by atoms with E-state index in [0.29, 0.717) is 13.1 Å². The molecule has 1 aromatic heterocycles. The Balaban J connectivity index is 1.92. The second kappa shape index (κ2) is 5.19. The fraction of sp³-hybridized carbons (Fsp3) is 0.471. The van der Waals surface area contributed by atoms with Gasteiger partial charge in [-0.25, -0.2) is 0 Å². The van der Waals surface area contributed by atoms with Crippen LogP contribution in [0.5, 0.6) is 0 Å². The summed E-state index contributed by atoms with van der Waals surface area (Å²) in [6.45, 7) is 9.49. The van der Waals surface area contributed by atoms with E-state index < -0.39 is 0 Å². The number of fused-ring (bicyclic) bond motifs is 1. The maximum atomic E-state index is 12.7. The number of ether oxygens (including phenoxy) is 1. The molecule has 1 aliphatic heterocycles. The molecular weight excluding hydrogens is 264 g/mol. The van der Waals surface area contributed by atoms with Gasteiger partial charge >= 0.3 is 0 Å². The molecule has 1 amide bonds. The van der Waals surface area contributed by atoms with E-state index in [-0.39, 0.29) is 18.1 Å². The topological polar surface area (TPSA) is 45.3 Å². The van der Waals surface area contributed by atoms with Crippen molar-refractivity contribution in [2.75, 3.05) is 13.1 Å². The number of nitrogens with one attached hydrogen (secondary N) is 1. The number of hydrogen-bond acceptors (Lipinski definition) is 2. The van der Waals surface area contributed by atoms with Crippen LogP contribution in [-0.2, 0) is 4.74 Å². The first-order chi connectivity index (χ1) is 9.95. The van der Waals surface area contributed by atoms with Crippen molar-refractivity contribution in [2.45, 2.75) is 39.9 Å². The summed E-state index contributed by atoms with van der Waals surface area (Å²) in [7, 11) is 0. The van der Waals surface area contributed by atoms with Crippen LogP contribution in [0.4, 0.5) is 0 Å². The van der Waals surface area contributed by atoms with Gasteiger partial charge in [0.25, 0.3) is 5.91 Å². The average Bonchev–Trinajstić information content (AvgIpc) is 2.72. The van der Waals surface area contributed by atoms with Crippen molar-refractivity contribution >= 4 is 16.8 Å². The number of H-pyrrole nitrogens is 1. The minimum absolute atomic E-state index is 0.0946. The maximum absolute atomic E-state index is 12.7. The van der Waals surface area contributed by atoms with Gasteiger partial charge < -0.3 is 14.6 Å². The quantitative estimate of drug-likeness (QED) is 0.876. The standard InChI is InChI=1S/C17H22N2O2/c1-10-8-19(9-11(2)21-10)17(20)14-5-6-16-15(7-14)12(3)13(4)18-16/h5-7,10-11,18H,8-9H2,1-4H3/t10-,11-/m1/s1. The summed E-state index contributed by atoms with van der Waals surface area (Å²) >= 11 is 0. The third-order valence-corrected chi connectivity index (χ3v) is 4.26. The zero-order valence-corrected chi connectivity index (χ0v) is 13.1. The maximum Gasteiger partial charge on any atom is 0.254 e. The van der Waals surface area contributed by atoms with Crippen molar-refractivity contribution in [3.63, 3.8) is 0 Å². The van der Waals surface area contributed by atoms with E-state index in [4.69, 9.17) is 4.74 Å². The minimum atomic E-state index is 0.0946. The van der Waals surface area contributed by atoms with Crippen LogP contribution >= 0.6 is 0 Å². The number of morpholine rings is 1. The van der Waals surface area contributed by atoms with Gasteiger partial charge in [-0.05, 0) is 51.5 Å². The van der Waals surface area contributed by atoms with Crippen molar-refractivity contribution in [1.29, 1.82) is 0 Å². The summed E-state index contributed by atoms with van der Waals surface area (Å²) in [6, 6.07) is 5.90. The highest BCUT2D eigenvalue weighted by Gasteiger charge is 2.26. The largest absolute Gasteiger partial charge is 0.372 e. The number of carbonyl (C=O) groups excluding carboxylic acids is 1. The highest BCUT2D eigenvalue weighted by atomic mass is 16.5. The van der Waals surface area contributed by atoms with E-state index in [9.17, 15) is 4.79 Å². The fourth-order valence-corrected chi connectivity index (χ4v) is 3.12. The lowest BCUT2D eigenvalue weighted by Crippen LogP contribution is -2.48. The van der Waals surface area contributed by atoms with Gasteiger partial charge in [-0.15, -0.1) is 0 Å². The normalized spacial score (nSPS) is 22.8. The minimum Gasteiger partial charge on any atom is -0.372 e. The first-order valence-corrected chi connectivity index (χ1v) is 7.49. The lowest BCUT2D eigenvalue weighted by Gasteiger charge is -2.35. The lowest BCUT2D eigenvalue weighted by atomic mass is 10.1. The summed E-state index contributed by atoms with van der Waals surface area (Å²) in [5.41, 5.74) is 4.21. The van der Waals surface area contributed by atoms with Crippen LogP contribution in [0.15, 0.2) is 18.2 Å². The molecule has 0 aliphatic carbocycles. The molecule has 0 spiro atoms. The monoisotopic (exact) mass is 286 g/mol. The predicted molar refractivity (Wildman–Crippen MR) is 83.7 cm³/mol. The SMILES string of the molecule is Cc1[nH]c2ccc(C(=O)N3C[C@@H](C)O[C@H](C)C3)cc2c1C. The van der Waals surface area contributed by atoms with Gasteiger partial charge in [-0.2, -0.15) is 0 Å². The molecular formula is C17H22N2O2. The predicted octanol–water partition coefficient (Wildman–Crippen LogP) is 3.03. The van der Waals surface area contributed by atoms with E-state index in [1.165, 1.54) is 5.56 Å². The smallest absolute Gasteiger partial charge is 0.254 e. The summed E-state index contributed by atoms with van der Waals surface area (Å²) in [4.78, 5) is 18.0. The summed E-state index contributed by atoms with van der Waals surface area (Å²) in [5, 5.41) is 1.13. The van der Waals surface area contributed by atoms with Gasteiger partial charge in [0, 0.05) is 35.2 Å². The van der Waals surface area contributed by atoms with Crippen molar-refractivity contribution in [2.24, 2.45) is 0 Å². The molecule has 0 saturated carbocycles. The Kier molecular flexibility index (Phi) is 3.49. The second-order valence-corrected chi connectivity index (χ2v) is 6.10. The molecule has 0 bridgehead atoms. The molecule has 0 radical (unpaired) electrons. The van der Waals surface area contributed by atoms with Crippen molar-refractivity contribution in [1.82, 2.24) is 9.88 Å². The number of hydrogen-bond donors (Lipinski definition) is 1. The second-order valence-electron chi connectivity index (χ2n) is 6.10.